The average Bonchev–Trinajstić information content (AvgIpc) is 3.16. The lowest BCUT2D eigenvalue weighted by atomic mass is 9.95. The smallest absolute Gasteiger partial charge is 0.253 e. The largest absolute Gasteiger partial charge is 0.345 e. The number of hydrogen-bond donors (Lipinski definition) is 2. The van der Waals surface area contributed by atoms with Crippen molar-refractivity contribution in [1.29, 1.82) is 0 Å². The number of benzene rings is 1. The first-order chi connectivity index (χ1) is 8.46. The Morgan fingerprint density at radius 2 is 2.11 bits per heavy atom. The van der Waals surface area contributed by atoms with Crippen molar-refractivity contribution in [3.63, 3.8) is 0 Å². The lowest BCUT2D eigenvalue weighted by Crippen LogP contribution is -2.53. The van der Waals surface area contributed by atoms with E-state index in [0.717, 1.165) is 12.8 Å². The number of carbonyl (C=O) groups excluding carboxylic acids is 1. The van der Waals surface area contributed by atoms with Crippen LogP contribution in [-0.2, 0) is 0 Å². The van der Waals surface area contributed by atoms with E-state index in [-0.39, 0.29) is 23.9 Å². The lowest BCUT2D eigenvalue weighted by molar-refractivity contribution is 0.0898. The fraction of sp³-hybridized carbons (Fsp3) is 0.462. The average molecular weight is 324 g/mol. The van der Waals surface area contributed by atoms with Gasteiger partial charge in [0.1, 0.15) is 0 Å². The molecule has 0 aliphatic heterocycles. The van der Waals surface area contributed by atoms with Crippen molar-refractivity contribution in [3.05, 3.63) is 33.8 Å². The first-order valence-electron chi connectivity index (χ1n) is 5.94. The number of halogens is 3. The molecule has 1 saturated carbocycles. The van der Waals surface area contributed by atoms with Gasteiger partial charge >= 0.3 is 0 Å². The van der Waals surface area contributed by atoms with Crippen LogP contribution < -0.4 is 11.1 Å². The number of hydrogen-bond acceptors (Lipinski definition) is 2. The third kappa shape index (κ3) is 3.76. The fourth-order valence-electron chi connectivity index (χ4n) is 2.04. The zero-order valence-electron chi connectivity index (χ0n) is 10.6. The van der Waals surface area contributed by atoms with E-state index in [0.29, 0.717) is 28.1 Å². The van der Waals surface area contributed by atoms with Gasteiger partial charge in [-0.3, -0.25) is 4.79 Å². The molecule has 0 bridgehead atoms. The maximum Gasteiger partial charge on any atom is 0.253 e. The van der Waals surface area contributed by atoms with Crippen molar-refractivity contribution in [3.8, 4) is 0 Å². The van der Waals surface area contributed by atoms with Gasteiger partial charge in [-0.15, -0.1) is 12.4 Å². The van der Waals surface area contributed by atoms with Crippen LogP contribution in [0.25, 0.3) is 0 Å². The second kappa shape index (κ2) is 6.31. The quantitative estimate of drug-likeness (QED) is 0.893. The Hall–Kier alpha value is -0.480. The van der Waals surface area contributed by atoms with Crippen LogP contribution in [0.15, 0.2) is 18.2 Å². The molecule has 1 unspecified atom stereocenters. The summed E-state index contributed by atoms with van der Waals surface area (Å²) in [5.41, 5.74) is 5.80. The second-order valence-electron chi connectivity index (χ2n) is 4.97. The molecule has 106 valence electrons. The van der Waals surface area contributed by atoms with E-state index in [4.69, 9.17) is 28.9 Å². The predicted molar refractivity (Wildman–Crippen MR) is 81.4 cm³/mol. The molecule has 3 N–H and O–H groups in total. The number of rotatable bonds is 4. The molecule has 0 heterocycles. The molecule has 3 nitrogen and oxygen atoms in total. The van der Waals surface area contributed by atoms with E-state index in [2.05, 4.69) is 5.32 Å². The molecule has 2 rings (SSSR count). The summed E-state index contributed by atoms with van der Waals surface area (Å²) in [6, 6.07) is 4.85. The molecule has 1 aromatic rings. The molecule has 0 aromatic heterocycles. The van der Waals surface area contributed by atoms with Crippen LogP contribution >= 0.6 is 35.6 Å². The summed E-state index contributed by atoms with van der Waals surface area (Å²) < 4.78 is 0. The van der Waals surface area contributed by atoms with E-state index in [1.54, 1.807) is 18.2 Å². The molecule has 0 saturated heterocycles. The van der Waals surface area contributed by atoms with Crippen LogP contribution in [0, 0.1) is 5.92 Å². The summed E-state index contributed by atoms with van der Waals surface area (Å²) in [5.74, 6) is 0.242. The molecule has 19 heavy (non-hydrogen) atoms. The monoisotopic (exact) mass is 322 g/mol. The van der Waals surface area contributed by atoms with Crippen molar-refractivity contribution >= 4 is 41.5 Å². The number of nitrogens with one attached hydrogen (secondary N) is 1. The maximum atomic E-state index is 12.2. The van der Waals surface area contributed by atoms with Crippen molar-refractivity contribution < 1.29 is 4.79 Å². The Morgan fingerprint density at radius 3 is 2.63 bits per heavy atom. The van der Waals surface area contributed by atoms with Gasteiger partial charge in [-0.05, 0) is 43.9 Å². The minimum absolute atomic E-state index is 0. The third-order valence-electron chi connectivity index (χ3n) is 3.47. The molecule has 1 amide bonds. The number of carbonyl (C=O) groups is 1. The molecular weight excluding hydrogens is 307 g/mol. The van der Waals surface area contributed by atoms with Gasteiger partial charge in [-0.25, -0.2) is 0 Å². The highest BCUT2D eigenvalue weighted by molar-refractivity contribution is 6.35. The van der Waals surface area contributed by atoms with Gasteiger partial charge in [-0.1, -0.05) is 23.2 Å². The third-order valence-corrected chi connectivity index (χ3v) is 4.04. The number of amides is 1. The van der Waals surface area contributed by atoms with Crippen LogP contribution in [0.1, 0.15) is 30.1 Å². The molecular formula is C13H17Cl3N2O. The SMILES string of the molecule is CC(CN)(NC(=O)c1cc(Cl)ccc1Cl)C1CC1.Cl. The van der Waals surface area contributed by atoms with Crippen molar-refractivity contribution in [2.24, 2.45) is 11.7 Å². The highest BCUT2D eigenvalue weighted by Gasteiger charge is 2.41. The Balaban J connectivity index is 0.00000180. The molecule has 0 radical (unpaired) electrons. The first kappa shape index (κ1) is 16.6. The number of nitrogens with two attached hydrogens (primary N) is 1. The minimum Gasteiger partial charge on any atom is -0.345 e. The lowest BCUT2D eigenvalue weighted by Gasteiger charge is -2.29. The molecule has 6 heteroatoms. The van der Waals surface area contributed by atoms with E-state index < -0.39 is 0 Å². The Morgan fingerprint density at radius 1 is 1.47 bits per heavy atom. The minimum atomic E-state index is -0.358. The second-order valence-corrected chi connectivity index (χ2v) is 5.82. The van der Waals surface area contributed by atoms with Crippen LogP contribution in [-0.4, -0.2) is 18.0 Å². The molecule has 1 aromatic carbocycles. The van der Waals surface area contributed by atoms with Gasteiger partial charge in [0.15, 0.2) is 0 Å². The summed E-state index contributed by atoms with van der Waals surface area (Å²) in [5, 5.41) is 3.87. The Bertz CT molecular complexity index is 477. The zero-order valence-corrected chi connectivity index (χ0v) is 12.9. The summed E-state index contributed by atoms with van der Waals surface area (Å²) in [7, 11) is 0. The molecule has 1 aliphatic rings. The van der Waals surface area contributed by atoms with Crippen LogP contribution in [0.3, 0.4) is 0 Å². The van der Waals surface area contributed by atoms with Gasteiger partial charge in [0.05, 0.1) is 16.1 Å². The van der Waals surface area contributed by atoms with Crippen molar-refractivity contribution in [2.75, 3.05) is 6.54 Å². The molecule has 0 spiro atoms. The van der Waals surface area contributed by atoms with Gasteiger partial charge < -0.3 is 11.1 Å². The first-order valence-corrected chi connectivity index (χ1v) is 6.69. The highest BCUT2D eigenvalue weighted by atomic mass is 35.5. The van der Waals surface area contributed by atoms with Crippen LogP contribution in [0.5, 0.6) is 0 Å². The van der Waals surface area contributed by atoms with Gasteiger partial charge in [0.25, 0.3) is 5.91 Å². The molecule has 1 atom stereocenters. The summed E-state index contributed by atoms with van der Waals surface area (Å²) in [6.07, 6.45) is 2.22. The van der Waals surface area contributed by atoms with Crippen LogP contribution in [0.4, 0.5) is 0 Å². The molecule has 1 aliphatic carbocycles. The normalized spacial score (nSPS) is 17.3. The van der Waals surface area contributed by atoms with Crippen LogP contribution in [0.2, 0.25) is 10.0 Å². The Kier molecular flexibility index (Phi) is 5.51. The van der Waals surface area contributed by atoms with Crippen molar-refractivity contribution in [1.82, 2.24) is 5.32 Å². The van der Waals surface area contributed by atoms with Gasteiger partial charge in [0, 0.05) is 11.6 Å². The van der Waals surface area contributed by atoms with E-state index in [1.165, 1.54) is 0 Å². The predicted octanol–water partition coefficient (Wildman–Crippen LogP) is 3.27. The molecule has 1 fully saturated rings. The summed E-state index contributed by atoms with van der Waals surface area (Å²) >= 11 is 11.9. The van der Waals surface area contributed by atoms with E-state index >= 15 is 0 Å². The zero-order chi connectivity index (χ0) is 13.3. The summed E-state index contributed by atoms with van der Waals surface area (Å²) in [4.78, 5) is 12.2. The van der Waals surface area contributed by atoms with Gasteiger partial charge in [-0.2, -0.15) is 0 Å². The topological polar surface area (TPSA) is 55.1 Å². The maximum absolute atomic E-state index is 12.2. The van der Waals surface area contributed by atoms with E-state index in [1.807, 2.05) is 6.92 Å². The fourth-order valence-corrected chi connectivity index (χ4v) is 2.41. The van der Waals surface area contributed by atoms with Crippen molar-refractivity contribution in [2.45, 2.75) is 25.3 Å². The highest BCUT2D eigenvalue weighted by Crippen LogP contribution is 2.39. The Labute approximate surface area is 129 Å². The van der Waals surface area contributed by atoms with E-state index in [9.17, 15) is 4.79 Å². The summed E-state index contributed by atoms with van der Waals surface area (Å²) in [6.45, 7) is 2.39. The van der Waals surface area contributed by atoms with Gasteiger partial charge in [0.2, 0.25) is 0 Å². The standard InChI is InChI=1S/C13H16Cl2N2O.ClH/c1-13(7-16,8-2-3-8)17-12(18)10-6-9(14)4-5-11(10)15;/h4-6,8H,2-3,7,16H2,1H3,(H,17,18);1H.